The molecular weight excluding hydrogens is 335 g/mol. The number of nitrogen functional groups attached to an aromatic ring is 1. The summed E-state index contributed by atoms with van der Waals surface area (Å²) in [6, 6.07) is 13.0. The summed E-state index contributed by atoms with van der Waals surface area (Å²) in [5.74, 6) is 0.507. The van der Waals surface area contributed by atoms with Gasteiger partial charge in [-0.15, -0.1) is 10.2 Å². The molecule has 5 nitrogen and oxygen atoms in total. The molecule has 0 aliphatic heterocycles. The Morgan fingerprint density at radius 1 is 0.913 bits per heavy atom. The van der Waals surface area contributed by atoms with Gasteiger partial charge < -0.3 is 10.5 Å². The van der Waals surface area contributed by atoms with E-state index in [1.807, 2.05) is 30.3 Å². The molecule has 0 saturated carbocycles. The van der Waals surface area contributed by atoms with E-state index >= 15 is 0 Å². The van der Waals surface area contributed by atoms with Crippen LogP contribution in [0.15, 0.2) is 42.5 Å². The Bertz CT molecular complexity index is 833. The monoisotopic (exact) mass is 346 g/mol. The van der Waals surface area contributed by atoms with E-state index in [1.165, 1.54) is 7.11 Å². The van der Waals surface area contributed by atoms with Gasteiger partial charge in [-0.2, -0.15) is 0 Å². The number of ether oxygens (including phenoxy) is 1. The molecule has 1 heterocycles. The minimum absolute atomic E-state index is 0.0957. The van der Waals surface area contributed by atoms with Crippen LogP contribution in [0.1, 0.15) is 0 Å². The standard InChI is InChI=1S/C16H12Cl2N4O/c1-23-15-11(17)7-10(8-12(15)18)14-13(20-16(19)22-21-14)9-5-3-2-4-6-9/h2-8H,1H3,(H2,19,20,22). The third kappa shape index (κ3) is 3.06. The van der Waals surface area contributed by atoms with Crippen molar-refractivity contribution in [3.8, 4) is 28.3 Å². The van der Waals surface area contributed by atoms with Crippen molar-refractivity contribution in [2.24, 2.45) is 0 Å². The molecule has 0 aliphatic rings. The zero-order valence-corrected chi connectivity index (χ0v) is 13.6. The van der Waals surface area contributed by atoms with Crippen molar-refractivity contribution in [2.75, 3.05) is 12.8 Å². The molecule has 3 rings (SSSR count). The number of benzene rings is 2. The molecule has 2 aromatic carbocycles. The van der Waals surface area contributed by atoms with Crippen LogP contribution in [0.5, 0.6) is 5.75 Å². The second-order valence-corrected chi connectivity index (χ2v) is 5.52. The molecule has 116 valence electrons. The van der Waals surface area contributed by atoms with E-state index < -0.39 is 0 Å². The van der Waals surface area contributed by atoms with Gasteiger partial charge in [0.15, 0.2) is 5.75 Å². The van der Waals surface area contributed by atoms with E-state index in [0.29, 0.717) is 32.7 Å². The Labute approximate surface area is 143 Å². The quantitative estimate of drug-likeness (QED) is 0.772. The summed E-state index contributed by atoms with van der Waals surface area (Å²) >= 11 is 12.4. The molecule has 0 radical (unpaired) electrons. The van der Waals surface area contributed by atoms with Gasteiger partial charge in [0.2, 0.25) is 5.95 Å². The number of hydrogen-bond acceptors (Lipinski definition) is 5. The maximum absolute atomic E-state index is 6.21. The van der Waals surface area contributed by atoms with E-state index in [2.05, 4.69) is 15.2 Å². The number of hydrogen-bond donors (Lipinski definition) is 1. The Morgan fingerprint density at radius 3 is 2.17 bits per heavy atom. The Morgan fingerprint density at radius 2 is 1.57 bits per heavy atom. The molecule has 0 amide bonds. The van der Waals surface area contributed by atoms with Gasteiger partial charge in [-0.05, 0) is 12.1 Å². The lowest BCUT2D eigenvalue weighted by Gasteiger charge is -2.11. The van der Waals surface area contributed by atoms with Gasteiger partial charge >= 0.3 is 0 Å². The van der Waals surface area contributed by atoms with Crippen molar-refractivity contribution >= 4 is 29.2 Å². The van der Waals surface area contributed by atoms with Gasteiger partial charge in [-0.3, -0.25) is 0 Å². The second kappa shape index (κ2) is 6.40. The fourth-order valence-electron chi connectivity index (χ4n) is 2.22. The molecule has 0 unspecified atom stereocenters. The summed E-state index contributed by atoms with van der Waals surface area (Å²) in [5, 5.41) is 8.77. The average Bonchev–Trinajstić information content (AvgIpc) is 2.55. The first-order valence-electron chi connectivity index (χ1n) is 6.69. The summed E-state index contributed by atoms with van der Waals surface area (Å²) in [7, 11) is 1.51. The first-order valence-corrected chi connectivity index (χ1v) is 7.44. The van der Waals surface area contributed by atoms with Gasteiger partial charge in [-0.25, -0.2) is 4.98 Å². The molecule has 0 aliphatic carbocycles. The van der Waals surface area contributed by atoms with Crippen LogP contribution in [-0.2, 0) is 0 Å². The third-order valence-corrected chi connectivity index (χ3v) is 3.79. The molecule has 0 saturated heterocycles. The molecular formula is C16H12Cl2N4O. The highest BCUT2D eigenvalue weighted by atomic mass is 35.5. The SMILES string of the molecule is COc1c(Cl)cc(-c2nnc(N)nc2-c2ccccc2)cc1Cl. The molecule has 0 bridgehead atoms. The molecule has 7 heteroatoms. The lowest BCUT2D eigenvalue weighted by atomic mass is 10.0. The normalized spacial score (nSPS) is 10.6. The predicted octanol–water partition coefficient (Wildman–Crippen LogP) is 4.10. The topological polar surface area (TPSA) is 73.9 Å². The highest BCUT2D eigenvalue weighted by Crippen LogP contribution is 2.38. The van der Waals surface area contributed by atoms with Gasteiger partial charge in [-0.1, -0.05) is 53.5 Å². The van der Waals surface area contributed by atoms with Gasteiger partial charge in [0.25, 0.3) is 0 Å². The number of rotatable bonds is 3. The first kappa shape index (κ1) is 15.5. The number of nitrogens with two attached hydrogens (primary N) is 1. The average molecular weight is 347 g/mol. The van der Waals surface area contributed by atoms with Crippen LogP contribution in [0, 0.1) is 0 Å². The Kier molecular flexibility index (Phi) is 4.32. The van der Waals surface area contributed by atoms with E-state index in [9.17, 15) is 0 Å². The van der Waals surface area contributed by atoms with E-state index in [4.69, 9.17) is 33.7 Å². The van der Waals surface area contributed by atoms with E-state index in [-0.39, 0.29) is 5.95 Å². The summed E-state index contributed by atoms with van der Waals surface area (Å²) in [6.07, 6.45) is 0. The van der Waals surface area contributed by atoms with Crippen LogP contribution in [0.25, 0.3) is 22.5 Å². The first-order chi connectivity index (χ1) is 11.1. The summed E-state index contributed by atoms with van der Waals surface area (Å²) < 4.78 is 5.17. The van der Waals surface area contributed by atoms with Crippen molar-refractivity contribution in [2.45, 2.75) is 0 Å². The van der Waals surface area contributed by atoms with Crippen molar-refractivity contribution in [1.29, 1.82) is 0 Å². The van der Waals surface area contributed by atoms with Crippen molar-refractivity contribution < 1.29 is 4.74 Å². The Hall–Kier alpha value is -2.37. The maximum Gasteiger partial charge on any atom is 0.240 e. The number of aromatic nitrogens is 3. The predicted molar refractivity (Wildman–Crippen MR) is 91.7 cm³/mol. The van der Waals surface area contributed by atoms with Crippen LogP contribution in [-0.4, -0.2) is 22.3 Å². The van der Waals surface area contributed by atoms with Crippen LogP contribution in [0.3, 0.4) is 0 Å². The number of methoxy groups -OCH3 is 1. The largest absolute Gasteiger partial charge is 0.494 e. The molecule has 3 aromatic rings. The van der Waals surface area contributed by atoms with E-state index in [1.54, 1.807) is 12.1 Å². The zero-order valence-electron chi connectivity index (χ0n) is 12.1. The Balaban J connectivity index is 2.22. The molecule has 23 heavy (non-hydrogen) atoms. The van der Waals surface area contributed by atoms with Crippen LogP contribution < -0.4 is 10.5 Å². The van der Waals surface area contributed by atoms with Crippen molar-refractivity contribution in [3.05, 3.63) is 52.5 Å². The lowest BCUT2D eigenvalue weighted by molar-refractivity contribution is 0.415. The summed E-state index contributed by atoms with van der Waals surface area (Å²) in [5.41, 5.74) is 8.39. The van der Waals surface area contributed by atoms with Crippen molar-refractivity contribution in [1.82, 2.24) is 15.2 Å². The van der Waals surface area contributed by atoms with Gasteiger partial charge in [0, 0.05) is 11.1 Å². The molecule has 0 fully saturated rings. The van der Waals surface area contributed by atoms with Crippen LogP contribution in [0.4, 0.5) is 5.95 Å². The van der Waals surface area contributed by atoms with Crippen LogP contribution in [0.2, 0.25) is 10.0 Å². The maximum atomic E-state index is 6.21. The smallest absolute Gasteiger partial charge is 0.240 e. The highest BCUT2D eigenvalue weighted by Gasteiger charge is 2.16. The molecule has 0 atom stereocenters. The molecule has 1 aromatic heterocycles. The highest BCUT2D eigenvalue weighted by molar-refractivity contribution is 6.37. The third-order valence-electron chi connectivity index (χ3n) is 3.23. The minimum Gasteiger partial charge on any atom is -0.494 e. The summed E-state index contributed by atoms with van der Waals surface area (Å²) in [4.78, 5) is 4.31. The van der Waals surface area contributed by atoms with Gasteiger partial charge in [0.05, 0.1) is 17.2 Å². The fraction of sp³-hybridized carbons (Fsp3) is 0.0625. The zero-order chi connectivity index (χ0) is 16.4. The van der Waals surface area contributed by atoms with Crippen molar-refractivity contribution in [3.63, 3.8) is 0 Å². The van der Waals surface area contributed by atoms with Crippen LogP contribution >= 0.6 is 23.2 Å². The minimum atomic E-state index is 0.0957. The number of anilines is 1. The molecule has 2 N–H and O–H groups in total. The number of nitrogens with zero attached hydrogens (tertiary/aromatic N) is 3. The second-order valence-electron chi connectivity index (χ2n) is 4.71. The lowest BCUT2D eigenvalue weighted by Crippen LogP contribution is -2.02. The fourth-order valence-corrected chi connectivity index (χ4v) is 2.86. The molecule has 0 spiro atoms. The number of halogens is 2. The van der Waals surface area contributed by atoms with Gasteiger partial charge in [0.1, 0.15) is 11.4 Å². The summed E-state index contributed by atoms with van der Waals surface area (Å²) in [6.45, 7) is 0. The van der Waals surface area contributed by atoms with E-state index in [0.717, 1.165) is 5.56 Å².